The van der Waals surface area contributed by atoms with Gasteiger partial charge in [-0.3, -0.25) is 18.6 Å². The molecule has 0 amide bonds. The minimum Gasteiger partial charge on any atom is -0.462 e. The molecule has 10 heteroatoms. The highest BCUT2D eigenvalue weighted by Crippen LogP contribution is 2.43. The van der Waals surface area contributed by atoms with Gasteiger partial charge in [-0.1, -0.05) is 442 Å². The van der Waals surface area contributed by atoms with Gasteiger partial charge in [0, 0.05) is 19.4 Å². The highest BCUT2D eigenvalue weighted by molar-refractivity contribution is 7.47. The molecule has 9 nitrogen and oxygen atoms in total. The lowest BCUT2D eigenvalue weighted by atomic mass is 10.0. The second kappa shape index (κ2) is 82.2. The number of ether oxygens (including phenoxy) is 2. The molecule has 568 valence electrons. The molecule has 3 N–H and O–H groups in total. The van der Waals surface area contributed by atoms with E-state index in [0.717, 1.165) is 44.9 Å². The first-order valence-electron chi connectivity index (χ1n) is 43.0. The first-order valence-corrected chi connectivity index (χ1v) is 44.5. The molecule has 0 aliphatic heterocycles. The maximum absolute atomic E-state index is 12.8. The van der Waals surface area contributed by atoms with Crippen LogP contribution in [0, 0.1) is 0 Å². The Labute approximate surface area is 598 Å². The van der Waals surface area contributed by atoms with Crippen LogP contribution in [0.4, 0.5) is 0 Å². The Hall–Kier alpha value is -1.77. The average molecular weight is 1370 g/mol. The quantitative estimate of drug-likeness (QED) is 0.0264. The van der Waals surface area contributed by atoms with Crippen LogP contribution in [-0.2, 0) is 32.7 Å². The van der Waals surface area contributed by atoms with Gasteiger partial charge in [0.1, 0.15) is 6.61 Å². The van der Waals surface area contributed by atoms with Crippen molar-refractivity contribution in [3.8, 4) is 0 Å². The predicted molar refractivity (Wildman–Crippen MR) is 418 cm³/mol. The van der Waals surface area contributed by atoms with Gasteiger partial charge < -0.3 is 20.1 Å². The van der Waals surface area contributed by atoms with Crippen LogP contribution in [0.15, 0.2) is 36.5 Å². The molecule has 0 heterocycles. The summed E-state index contributed by atoms with van der Waals surface area (Å²) in [5, 5.41) is 0. The lowest BCUT2D eigenvalue weighted by Gasteiger charge is -2.19. The van der Waals surface area contributed by atoms with E-state index >= 15 is 0 Å². The number of hydrogen-bond donors (Lipinski definition) is 2. The van der Waals surface area contributed by atoms with E-state index in [1.54, 1.807) is 0 Å². The molecule has 0 aliphatic carbocycles. The maximum Gasteiger partial charge on any atom is 0.472 e. The Balaban J connectivity index is 3.71. The minimum atomic E-state index is -4.39. The van der Waals surface area contributed by atoms with Gasteiger partial charge in [-0.25, -0.2) is 4.57 Å². The molecule has 0 rings (SSSR count). The number of phosphoric acid groups is 1. The van der Waals surface area contributed by atoms with Crippen molar-refractivity contribution < 1.29 is 37.6 Å². The Bertz CT molecular complexity index is 1670. The smallest absolute Gasteiger partial charge is 0.462 e. The van der Waals surface area contributed by atoms with Crippen molar-refractivity contribution in [3.63, 3.8) is 0 Å². The van der Waals surface area contributed by atoms with Crippen LogP contribution in [0.1, 0.15) is 470 Å². The zero-order valence-corrected chi connectivity index (χ0v) is 65.3. The van der Waals surface area contributed by atoms with Gasteiger partial charge in [-0.2, -0.15) is 0 Å². The van der Waals surface area contributed by atoms with E-state index < -0.39 is 26.5 Å². The van der Waals surface area contributed by atoms with Gasteiger partial charge in [0.05, 0.1) is 13.2 Å². The molecule has 0 aromatic carbocycles. The molecule has 0 aromatic heterocycles. The van der Waals surface area contributed by atoms with E-state index in [0.29, 0.717) is 6.42 Å². The van der Waals surface area contributed by atoms with E-state index in [4.69, 9.17) is 24.3 Å². The van der Waals surface area contributed by atoms with Gasteiger partial charge in [0.15, 0.2) is 6.10 Å². The molecule has 0 radical (unpaired) electrons. The highest BCUT2D eigenvalue weighted by atomic mass is 31.2. The first kappa shape index (κ1) is 94.2. The van der Waals surface area contributed by atoms with Crippen LogP contribution in [-0.4, -0.2) is 49.3 Å². The minimum absolute atomic E-state index is 0.0571. The number of esters is 2. The van der Waals surface area contributed by atoms with Gasteiger partial charge in [0.25, 0.3) is 0 Å². The maximum atomic E-state index is 12.8. The number of nitrogens with two attached hydrogens (primary N) is 1. The zero-order chi connectivity index (χ0) is 69.3. The molecule has 0 fully saturated rings. The number of carbonyl (C=O) groups is 2. The molecule has 2 atom stereocenters. The Kier molecular flexibility index (Phi) is 80.7. The molecule has 96 heavy (non-hydrogen) atoms. The third-order valence-electron chi connectivity index (χ3n) is 19.8. The number of unbranched alkanes of at least 4 members (excludes halogenated alkanes) is 64. The monoisotopic (exact) mass is 1370 g/mol. The predicted octanol–water partition coefficient (Wildman–Crippen LogP) is 28.9. The second-order valence-electron chi connectivity index (χ2n) is 29.4. The zero-order valence-electron chi connectivity index (χ0n) is 64.4. The summed E-state index contributed by atoms with van der Waals surface area (Å²) in [4.78, 5) is 35.5. The van der Waals surface area contributed by atoms with Gasteiger partial charge in [-0.05, 0) is 51.4 Å². The summed E-state index contributed by atoms with van der Waals surface area (Å²) in [6.45, 7) is 3.83. The molecule has 0 aromatic rings. The summed E-state index contributed by atoms with van der Waals surface area (Å²) in [7, 11) is -4.39. The Morgan fingerprint density at radius 3 is 0.802 bits per heavy atom. The molecular formula is C86H166NO8P. The summed E-state index contributed by atoms with van der Waals surface area (Å²) in [5.74, 6) is -0.798. The third kappa shape index (κ3) is 81.2. The largest absolute Gasteiger partial charge is 0.472 e. The summed E-state index contributed by atoms with van der Waals surface area (Å²) in [6, 6.07) is 0. The fourth-order valence-electron chi connectivity index (χ4n) is 13.4. The third-order valence-corrected chi connectivity index (χ3v) is 20.8. The van der Waals surface area contributed by atoms with Crippen LogP contribution in [0.3, 0.4) is 0 Å². The van der Waals surface area contributed by atoms with E-state index in [9.17, 15) is 19.0 Å². The molecule has 0 spiro atoms. The second-order valence-corrected chi connectivity index (χ2v) is 30.9. The van der Waals surface area contributed by atoms with Gasteiger partial charge in [0.2, 0.25) is 0 Å². The fraction of sp³-hybridized carbons (Fsp3) is 0.907. The lowest BCUT2D eigenvalue weighted by Crippen LogP contribution is -2.29. The van der Waals surface area contributed by atoms with Crippen molar-refractivity contribution in [1.29, 1.82) is 0 Å². The van der Waals surface area contributed by atoms with Crippen molar-refractivity contribution in [2.45, 2.75) is 476 Å². The van der Waals surface area contributed by atoms with Gasteiger partial charge in [-0.15, -0.1) is 0 Å². The highest BCUT2D eigenvalue weighted by Gasteiger charge is 2.26. The molecule has 2 unspecified atom stereocenters. The van der Waals surface area contributed by atoms with E-state index in [2.05, 4.69) is 50.3 Å². The standard InChI is InChI=1S/C86H166NO8P/c1-3-5-7-9-11-13-15-17-19-21-23-25-27-29-31-33-35-37-39-41-42-43-45-47-49-51-53-55-57-59-61-63-65-67-69-71-73-75-77-79-86(89)95-84(83-94-96(90,91)93-81-80-87)82-92-85(88)78-76-74-72-70-68-66-64-62-60-58-56-54-52-50-48-46-44-40-38-36-34-32-30-28-26-24-22-20-18-16-14-12-10-8-6-4-2/h15,17,21,23,27,29,84H,3-14,16,18-20,22,24-26,28,30-83,87H2,1-2H3,(H,90,91)/b17-15-,23-21-,29-27-. The molecular weight excluding hydrogens is 1210 g/mol. The van der Waals surface area contributed by atoms with Crippen molar-refractivity contribution in [2.75, 3.05) is 26.4 Å². The first-order chi connectivity index (χ1) is 47.3. The fourth-order valence-corrected chi connectivity index (χ4v) is 14.2. The number of allylic oxidation sites excluding steroid dienone is 6. The number of hydrogen-bond acceptors (Lipinski definition) is 8. The number of rotatable bonds is 83. The SMILES string of the molecule is CCCCCCC/C=C\C/C=C\C/C=C\CCCCCCCCCCCCCCCCCCCCCCCCCCC(=O)OC(COC(=O)CCCCCCCCCCCCCCCCCCCCCCCCCCCCCCCCCCCCCC)COP(=O)(O)OCCN. The van der Waals surface area contributed by atoms with E-state index in [1.165, 1.54) is 392 Å². The van der Waals surface area contributed by atoms with Crippen LogP contribution >= 0.6 is 7.82 Å². The van der Waals surface area contributed by atoms with E-state index in [1.807, 2.05) is 0 Å². The van der Waals surface area contributed by atoms with Gasteiger partial charge >= 0.3 is 19.8 Å². The molecule has 0 saturated carbocycles. The van der Waals surface area contributed by atoms with Crippen molar-refractivity contribution in [2.24, 2.45) is 5.73 Å². The molecule has 0 aliphatic rings. The molecule has 0 bridgehead atoms. The topological polar surface area (TPSA) is 134 Å². The molecule has 0 saturated heterocycles. The van der Waals surface area contributed by atoms with Crippen molar-refractivity contribution in [3.05, 3.63) is 36.5 Å². The van der Waals surface area contributed by atoms with Crippen LogP contribution < -0.4 is 5.73 Å². The number of carbonyl (C=O) groups excluding carboxylic acids is 2. The van der Waals surface area contributed by atoms with Crippen LogP contribution in [0.5, 0.6) is 0 Å². The Morgan fingerprint density at radius 2 is 0.542 bits per heavy atom. The normalized spacial score (nSPS) is 12.9. The Morgan fingerprint density at radius 1 is 0.312 bits per heavy atom. The lowest BCUT2D eigenvalue weighted by molar-refractivity contribution is -0.161. The summed E-state index contributed by atoms with van der Waals surface area (Å²) in [5.41, 5.74) is 5.42. The summed E-state index contributed by atoms with van der Waals surface area (Å²) in [6.07, 6.45) is 106. The van der Waals surface area contributed by atoms with Crippen molar-refractivity contribution in [1.82, 2.24) is 0 Å². The van der Waals surface area contributed by atoms with Crippen LogP contribution in [0.25, 0.3) is 0 Å². The summed E-state index contributed by atoms with van der Waals surface area (Å²) >= 11 is 0. The average Bonchev–Trinajstić information content (AvgIpc) is 3.21. The van der Waals surface area contributed by atoms with Crippen LogP contribution in [0.2, 0.25) is 0 Å². The number of phosphoric ester groups is 1. The van der Waals surface area contributed by atoms with E-state index in [-0.39, 0.29) is 38.6 Å². The van der Waals surface area contributed by atoms with Crippen molar-refractivity contribution >= 4 is 19.8 Å². The summed E-state index contributed by atoms with van der Waals surface area (Å²) < 4.78 is 33.3.